The third kappa shape index (κ3) is 4.55. The first kappa shape index (κ1) is 17.0. The molecule has 0 aliphatic carbocycles. The molecule has 2 rings (SSSR count). The molecule has 0 aromatic heterocycles. The lowest BCUT2D eigenvalue weighted by Crippen LogP contribution is -2.40. The van der Waals surface area contributed by atoms with Gasteiger partial charge < -0.3 is 14.7 Å². The van der Waals surface area contributed by atoms with Crippen molar-refractivity contribution in [1.82, 2.24) is 4.90 Å². The quantitative estimate of drug-likeness (QED) is 0.811. The van der Waals surface area contributed by atoms with Gasteiger partial charge in [0, 0.05) is 31.0 Å². The normalized spacial score (nSPS) is 15.3. The summed E-state index contributed by atoms with van der Waals surface area (Å²) in [4.78, 5) is 36.5. The summed E-state index contributed by atoms with van der Waals surface area (Å²) in [7, 11) is 1.58. The summed E-state index contributed by atoms with van der Waals surface area (Å²) in [5, 5.41) is 8.61. The molecule has 23 heavy (non-hydrogen) atoms. The molecule has 0 unspecified atom stereocenters. The number of Topliss-reactive ketones (excluding diaryl/α,β-unsaturated/α-hetero) is 1. The average molecular weight is 319 g/mol. The fourth-order valence-corrected chi connectivity index (χ4v) is 2.75. The highest BCUT2D eigenvalue weighted by atomic mass is 16.5. The topological polar surface area (TPSA) is 83.9 Å². The molecule has 1 aliphatic heterocycles. The van der Waals surface area contributed by atoms with Gasteiger partial charge in [0.25, 0.3) is 0 Å². The number of carboxylic acids is 1. The third-order valence-electron chi connectivity index (χ3n) is 4.15. The smallest absolute Gasteiger partial charge is 0.303 e. The van der Waals surface area contributed by atoms with E-state index < -0.39 is 5.97 Å². The van der Waals surface area contributed by atoms with Crippen LogP contribution in [0.15, 0.2) is 24.3 Å². The summed E-state index contributed by atoms with van der Waals surface area (Å²) in [5.41, 5.74) is 0.654. The first-order valence-electron chi connectivity index (χ1n) is 7.69. The second kappa shape index (κ2) is 7.76. The van der Waals surface area contributed by atoms with Crippen LogP contribution in [0.25, 0.3) is 0 Å². The van der Waals surface area contributed by atoms with Crippen LogP contribution in [-0.4, -0.2) is 47.9 Å². The molecule has 6 nitrogen and oxygen atoms in total. The lowest BCUT2D eigenvalue weighted by atomic mass is 9.88. The van der Waals surface area contributed by atoms with E-state index in [0.29, 0.717) is 37.2 Å². The molecule has 1 N–H and O–H groups in total. The van der Waals surface area contributed by atoms with Crippen molar-refractivity contribution in [2.45, 2.75) is 25.7 Å². The number of methoxy groups -OCH3 is 1. The third-order valence-corrected chi connectivity index (χ3v) is 4.15. The molecule has 1 heterocycles. The van der Waals surface area contributed by atoms with Crippen LogP contribution in [0.4, 0.5) is 0 Å². The number of piperidine rings is 1. The van der Waals surface area contributed by atoms with Gasteiger partial charge in [0.1, 0.15) is 5.75 Å². The highest BCUT2D eigenvalue weighted by Gasteiger charge is 2.27. The van der Waals surface area contributed by atoms with Gasteiger partial charge in [0.2, 0.25) is 5.91 Å². The maximum Gasteiger partial charge on any atom is 0.303 e. The van der Waals surface area contributed by atoms with Crippen molar-refractivity contribution in [1.29, 1.82) is 0 Å². The van der Waals surface area contributed by atoms with Crippen molar-refractivity contribution in [3.8, 4) is 5.75 Å². The standard InChI is InChI=1S/C17H21NO5/c1-23-14-4-2-12(3-5-14)17(22)13-8-10-18(11-9-13)15(19)6-7-16(20)21/h2-5,13H,6-11H2,1H3,(H,20,21). The summed E-state index contributed by atoms with van der Waals surface area (Å²) in [6.45, 7) is 1.01. The van der Waals surface area contributed by atoms with Crippen LogP contribution in [0.1, 0.15) is 36.0 Å². The molecule has 0 radical (unpaired) electrons. The van der Waals surface area contributed by atoms with E-state index in [0.717, 1.165) is 0 Å². The van der Waals surface area contributed by atoms with Gasteiger partial charge in [0.05, 0.1) is 13.5 Å². The van der Waals surface area contributed by atoms with Crippen LogP contribution in [0, 0.1) is 5.92 Å². The Bertz CT molecular complexity index is 573. The number of likely N-dealkylation sites (tertiary alicyclic amines) is 1. The zero-order valence-corrected chi connectivity index (χ0v) is 13.2. The number of amides is 1. The Morgan fingerprint density at radius 2 is 1.74 bits per heavy atom. The average Bonchev–Trinajstić information content (AvgIpc) is 2.59. The van der Waals surface area contributed by atoms with Crippen LogP contribution in [-0.2, 0) is 9.59 Å². The molecule has 1 saturated heterocycles. The molecule has 1 amide bonds. The second-order valence-corrected chi connectivity index (χ2v) is 5.64. The minimum absolute atomic E-state index is 0.0203. The van der Waals surface area contributed by atoms with Crippen molar-refractivity contribution in [3.63, 3.8) is 0 Å². The highest BCUT2D eigenvalue weighted by Crippen LogP contribution is 2.23. The number of hydrogen-bond donors (Lipinski definition) is 1. The van der Waals surface area contributed by atoms with Crippen LogP contribution in [0.5, 0.6) is 5.75 Å². The molecule has 6 heteroatoms. The van der Waals surface area contributed by atoms with Crippen molar-refractivity contribution in [2.24, 2.45) is 5.92 Å². The molecule has 0 saturated carbocycles. The summed E-state index contributed by atoms with van der Waals surface area (Å²) in [5.74, 6) is -0.414. The molecule has 0 atom stereocenters. The molecule has 0 bridgehead atoms. The summed E-state index contributed by atoms with van der Waals surface area (Å²) in [6, 6.07) is 7.03. The van der Waals surface area contributed by atoms with Crippen LogP contribution >= 0.6 is 0 Å². The van der Waals surface area contributed by atoms with Gasteiger partial charge in [-0.3, -0.25) is 14.4 Å². The van der Waals surface area contributed by atoms with E-state index in [1.165, 1.54) is 0 Å². The van der Waals surface area contributed by atoms with Gasteiger partial charge >= 0.3 is 5.97 Å². The molecule has 1 aliphatic rings. The van der Waals surface area contributed by atoms with Crippen molar-refractivity contribution < 1.29 is 24.2 Å². The Balaban J connectivity index is 1.86. The Morgan fingerprint density at radius 3 is 2.26 bits per heavy atom. The maximum atomic E-state index is 12.5. The van der Waals surface area contributed by atoms with Gasteiger partial charge in [-0.1, -0.05) is 0 Å². The number of ether oxygens (including phenoxy) is 1. The predicted octanol–water partition coefficient (Wildman–Crippen LogP) is 1.98. The van der Waals surface area contributed by atoms with Gasteiger partial charge in [-0.05, 0) is 37.1 Å². The number of aliphatic carboxylic acids is 1. The van der Waals surface area contributed by atoms with E-state index in [9.17, 15) is 14.4 Å². The van der Waals surface area contributed by atoms with E-state index in [2.05, 4.69) is 0 Å². The molecule has 1 fully saturated rings. The van der Waals surface area contributed by atoms with E-state index in [-0.39, 0.29) is 30.4 Å². The Labute approximate surface area is 135 Å². The van der Waals surface area contributed by atoms with Crippen LogP contribution in [0.2, 0.25) is 0 Å². The Kier molecular flexibility index (Phi) is 5.73. The zero-order valence-electron chi connectivity index (χ0n) is 13.2. The maximum absolute atomic E-state index is 12.5. The van der Waals surface area contributed by atoms with Gasteiger partial charge in [-0.2, -0.15) is 0 Å². The van der Waals surface area contributed by atoms with E-state index in [1.807, 2.05) is 0 Å². The molecule has 0 spiro atoms. The first-order chi connectivity index (χ1) is 11.0. The second-order valence-electron chi connectivity index (χ2n) is 5.64. The fourth-order valence-electron chi connectivity index (χ4n) is 2.75. The fraction of sp³-hybridized carbons (Fsp3) is 0.471. The van der Waals surface area contributed by atoms with Crippen molar-refractivity contribution in [3.05, 3.63) is 29.8 Å². The van der Waals surface area contributed by atoms with Gasteiger partial charge in [0.15, 0.2) is 5.78 Å². The van der Waals surface area contributed by atoms with E-state index >= 15 is 0 Å². The number of benzene rings is 1. The van der Waals surface area contributed by atoms with Crippen molar-refractivity contribution >= 4 is 17.7 Å². The number of rotatable bonds is 6. The van der Waals surface area contributed by atoms with Crippen molar-refractivity contribution in [2.75, 3.05) is 20.2 Å². The number of carbonyl (C=O) groups is 3. The highest BCUT2D eigenvalue weighted by molar-refractivity contribution is 5.98. The molecule has 1 aromatic rings. The summed E-state index contributed by atoms with van der Waals surface area (Å²) >= 11 is 0. The van der Waals surface area contributed by atoms with Gasteiger partial charge in [-0.25, -0.2) is 0 Å². The minimum atomic E-state index is -0.970. The molecule has 124 valence electrons. The predicted molar refractivity (Wildman–Crippen MR) is 83.5 cm³/mol. The number of carbonyl (C=O) groups excluding carboxylic acids is 2. The van der Waals surface area contributed by atoms with E-state index in [1.54, 1.807) is 36.3 Å². The minimum Gasteiger partial charge on any atom is -0.497 e. The Morgan fingerprint density at radius 1 is 1.13 bits per heavy atom. The van der Waals surface area contributed by atoms with E-state index in [4.69, 9.17) is 9.84 Å². The lowest BCUT2D eigenvalue weighted by Gasteiger charge is -2.31. The molecule has 1 aromatic carbocycles. The Hall–Kier alpha value is -2.37. The lowest BCUT2D eigenvalue weighted by molar-refractivity contribution is -0.141. The molecular weight excluding hydrogens is 298 g/mol. The number of nitrogens with zero attached hydrogens (tertiary/aromatic N) is 1. The summed E-state index contributed by atoms with van der Waals surface area (Å²) < 4.78 is 5.08. The number of carboxylic acid groups (broad SMARTS) is 1. The van der Waals surface area contributed by atoms with Crippen LogP contribution in [0.3, 0.4) is 0 Å². The molecular formula is C17H21NO5. The number of ketones is 1. The SMILES string of the molecule is COc1ccc(C(=O)C2CCN(C(=O)CCC(=O)O)CC2)cc1. The number of hydrogen-bond acceptors (Lipinski definition) is 4. The first-order valence-corrected chi connectivity index (χ1v) is 7.69. The van der Waals surface area contributed by atoms with Crippen LogP contribution < -0.4 is 4.74 Å². The summed E-state index contributed by atoms with van der Waals surface area (Å²) in [6.07, 6.45) is 1.10. The monoisotopic (exact) mass is 319 g/mol. The largest absolute Gasteiger partial charge is 0.497 e. The zero-order chi connectivity index (χ0) is 16.8. The van der Waals surface area contributed by atoms with Gasteiger partial charge in [-0.15, -0.1) is 0 Å².